The van der Waals surface area contributed by atoms with E-state index in [-0.39, 0.29) is 5.91 Å². The quantitative estimate of drug-likeness (QED) is 0.208. The van der Waals surface area contributed by atoms with Crippen LogP contribution in [-0.4, -0.2) is 28.2 Å². The van der Waals surface area contributed by atoms with Crippen molar-refractivity contribution < 1.29 is 9.53 Å². The van der Waals surface area contributed by atoms with Crippen molar-refractivity contribution in [1.29, 1.82) is 0 Å². The second-order valence-corrected chi connectivity index (χ2v) is 10.4. The number of carbonyl (C=O) groups is 1. The van der Waals surface area contributed by atoms with Crippen molar-refractivity contribution in [2.24, 2.45) is 0 Å². The van der Waals surface area contributed by atoms with Crippen LogP contribution >= 0.6 is 34.4 Å². The van der Waals surface area contributed by atoms with Gasteiger partial charge in [-0.3, -0.25) is 10.1 Å². The predicted octanol–water partition coefficient (Wildman–Crippen LogP) is 5.95. The number of carbonyl (C=O) groups excluding carboxylic acids is 1. The molecule has 0 aliphatic carbocycles. The molecule has 0 radical (unpaired) electrons. The molecular weight excluding hydrogens is 486 g/mol. The Morgan fingerprint density at radius 2 is 1.91 bits per heavy atom. The van der Waals surface area contributed by atoms with E-state index >= 15 is 0 Å². The molecule has 0 aliphatic heterocycles. The number of thiophene rings is 1. The Balaban J connectivity index is 1.32. The number of hydrogen-bond donors (Lipinski definition) is 2. The average molecular weight is 506 g/mol. The Bertz CT molecular complexity index is 1470. The average Bonchev–Trinajstić information content (AvgIpc) is 3.47. The van der Waals surface area contributed by atoms with Gasteiger partial charge in [-0.05, 0) is 29.8 Å². The van der Waals surface area contributed by atoms with Crippen molar-refractivity contribution in [3.63, 3.8) is 0 Å². The van der Waals surface area contributed by atoms with E-state index in [1.807, 2.05) is 54.6 Å². The Kier molecular flexibility index (Phi) is 6.43. The smallest absolute Gasteiger partial charge is 0.269 e. The minimum atomic E-state index is -0.320. The van der Waals surface area contributed by atoms with Gasteiger partial charge >= 0.3 is 0 Å². The van der Waals surface area contributed by atoms with Crippen molar-refractivity contribution >= 4 is 61.4 Å². The van der Waals surface area contributed by atoms with Crippen LogP contribution in [0.3, 0.4) is 0 Å². The molecule has 0 aliphatic rings. The number of nitrogen functional groups attached to an aromatic ring is 1. The van der Waals surface area contributed by atoms with Crippen LogP contribution in [0, 0.1) is 0 Å². The molecular formula is C24H19N5O2S3. The maximum atomic E-state index is 12.9. The minimum absolute atomic E-state index is 0.320. The van der Waals surface area contributed by atoms with E-state index in [1.165, 1.54) is 28.2 Å². The number of hydrogen-bond acceptors (Lipinski definition) is 9. The van der Waals surface area contributed by atoms with Crippen LogP contribution in [0.4, 0.5) is 10.8 Å². The third-order valence-corrected chi connectivity index (χ3v) is 8.15. The van der Waals surface area contributed by atoms with Crippen molar-refractivity contribution in [3.05, 3.63) is 77.2 Å². The highest BCUT2D eigenvalue weighted by atomic mass is 32.2. The summed E-state index contributed by atoms with van der Waals surface area (Å²) in [6.45, 7) is 0. The van der Waals surface area contributed by atoms with Crippen LogP contribution in [0.5, 0.6) is 5.75 Å². The van der Waals surface area contributed by atoms with Crippen molar-refractivity contribution in [1.82, 2.24) is 15.2 Å². The Labute approximate surface area is 208 Å². The van der Waals surface area contributed by atoms with Gasteiger partial charge < -0.3 is 10.5 Å². The maximum Gasteiger partial charge on any atom is 0.269 e. The lowest BCUT2D eigenvalue weighted by Crippen LogP contribution is -2.11. The molecule has 170 valence electrons. The Hall–Kier alpha value is -3.47. The molecule has 3 N–H and O–H groups in total. The summed E-state index contributed by atoms with van der Waals surface area (Å²) in [5.41, 5.74) is 9.61. The molecule has 10 heteroatoms. The lowest BCUT2D eigenvalue weighted by Gasteiger charge is -2.04. The number of nitrogens with two attached hydrogens (primary N) is 1. The van der Waals surface area contributed by atoms with Crippen LogP contribution in [0.15, 0.2) is 71.1 Å². The van der Waals surface area contributed by atoms with Crippen molar-refractivity contribution in [3.8, 4) is 17.0 Å². The predicted molar refractivity (Wildman–Crippen MR) is 140 cm³/mol. The van der Waals surface area contributed by atoms with Gasteiger partial charge in [0.1, 0.15) is 15.5 Å². The summed E-state index contributed by atoms with van der Waals surface area (Å²) in [6, 6.07) is 21.6. The zero-order valence-corrected chi connectivity index (χ0v) is 20.5. The third kappa shape index (κ3) is 4.74. The zero-order chi connectivity index (χ0) is 23.5. The lowest BCUT2D eigenvalue weighted by molar-refractivity contribution is 0.103. The Morgan fingerprint density at radius 3 is 2.74 bits per heavy atom. The van der Waals surface area contributed by atoms with Crippen molar-refractivity contribution in [2.75, 3.05) is 18.2 Å². The summed E-state index contributed by atoms with van der Waals surface area (Å²) in [4.78, 5) is 18.8. The lowest BCUT2D eigenvalue weighted by atomic mass is 10.1. The molecule has 0 saturated heterocycles. The molecule has 1 amide bonds. The molecule has 0 atom stereocenters. The second kappa shape index (κ2) is 9.80. The van der Waals surface area contributed by atoms with Crippen molar-refractivity contribution in [2.45, 2.75) is 10.1 Å². The number of thioether (sulfide) groups is 1. The van der Waals surface area contributed by atoms with Gasteiger partial charge in [0.2, 0.25) is 5.13 Å². The minimum Gasteiger partial charge on any atom is -0.497 e. The first-order valence-electron chi connectivity index (χ1n) is 10.3. The number of methoxy groups -OCH3 is 1. The number of pyridine rings is 1. The SMILES string of the molecule is COc1cccc(-c2ccc3c(N)c(C(=O)Nc4nnc(SCc5ccccc5)s4)sc3n2)c1. The molecule has 2 aromatic carbocycles. The molecule has 3 heterocycles. The molecule has 0 unspecified atom stereocenters. The van der Waals surface area contributed by atoms with Gasteiger partial charge in [0.15, 0.2) is 4.34 Å². The molecule has 0 fully saturated rings. The summed E-state index contributed by atoms with van der Waals surface area (Å²) in [6.07, 6.45) is 0. The number of amides is 1. The molecule has 5 aromatic rings. The summed E-state index contributed by atoms with van der Waals surface area (Å²) in [5.74, 6) is 1.22. The summed E-state index contributed by atoms with van der Waals surface area (Å²) >= 11 is 4.17. The number of ether oxygens (including phenoxy) is 1. The zero-order valence-electron chi connectivity index (χ0n) is 18.0. The summed E-state index contributed by atoms with van der Waals surface area (Å²) in [7, 11) is 1.63. The van der Waals surface area contributed by atoms with E-state index in [4.69, 9.17) is 15.5 Å². The van der Waals surface area contributed by atoms with Gasteiger partial charge in [-0.1, -0.05) is 65.6 Å². The first-order chi connectivity index (χ1) is 16.6. The molecule has 0 bridgehead atoms. The van der Waals surface area contributed by atoms with Gasteiger partial charge in [0, 0.05) is 16.7 Å². The molecule has 5 rings (SSSR count). The van der Waals surface area contributed by atoms with E-state index in [0.717, 1.165) is 32.5 Å². The highest BCUT2D eigenvalue weighted by molar-refractivity contribution is 8.00. The summed E-state index contributed by atoms with van der Waals surface area (Å²) in [5, 5.41) is 12.3. The number of nitrogens with one attached hydrogen (secondary N) is 1. The second-order valence-electron chi connectivity index (χ2n) is 7.23. The van der Waals surface area contributed by atoms with Crippen LogP contribution < -0.4 is 15.8 Å². The van der Waals surface area contributed by atoms with E-state index in [2.05, 4.69) is 27.6 Å². The number of benzene rings is 2. The number of aromatic nitrogens is 3. The van der Waals surface area contributed by atoms with Gasteiger partial charge in [0.05, 0.1) is 18.5 Å². The number of nitrogens with zero attached hydrogens (tertiary/aromatic N) is 3. The fourth-order valence-corrected chi connectivity index (χ4v) is 5.99. The van der Waals surface area contributed by atoms with E-state index in [1.54, 1.807) is 18.9 Å². The van der Waals surface area contributed by atoms with Crippen LogP contribution in [-0.2, 0) is 5.75 Å². The largest absolute Gasteiger partial charge is 0.497 e. The molecule has 7 nitrogen and oxygen atoms in total. The van der Waals surface area contributed by atoms with Gasteiger partial charge in [-0.15, -0.1) is 21.5 Å². The molecule has 0 saturated carbocycles. The fourth-order valence-electron chi connectivity index (χ4n) is 3.30. The third-order valence-electron chi connectivity index (χ3n) is 5.00. The van der Waals surface area contributed by atoms with Crippen LogP contribution in [0.25, 0.3) is 21.5 Å². The molecule has 0 spiro atoms. The van der Waals surface area contributed by atoms with Gasteiger partial charge in [-0.25, -0.2) is 4.98 Å². The highest BCUT2D eigenvalue weighted by Crippen LogP contribution is 2.36. The number of anilines is 2. The Morgan fingerprint density at radius 1 is 1.06 bits per heavy atom. The van der Waals surface area contributed by atoms with Gasteiger partial charge in [0.25, 0.3) is 5.91 Å². The fraction of sp³-hybridized carbons (Fsp3) is 0.0833. The maximum absolute atomic E-state index is 12.9. The number of fused-ring (bicyclic) bond motifs is 1. The molecule has 3 aromatic heterocycles. The van der Waals surface area contributed by atoms with Gasteiger partial charge in [-0.2, -0.15) is 0 Å². The first kappa shape index (κ1) is 22.3. The number of rotatable bonds is 7. The first-order valence-corrected chi connectivity index (χ1v) is 12.9. The topological polar surface area (TPSA) is 103 Å². The van der Waals surface area contributed by atoms with Crippen LogP contribution in [0.1, 0.15) is 15.2 Å². The standard InChI is InChI=1S/C24H19N5O2S3/c1-31-16-9-5-8-15(12-16)18-11-10-17-19(25)20(33-22(17)26-18)21(30)27-23-28-29-24(34-23)32-13-14-6-3-2-4-7-14/h2-12H,13,25H2,1H3,(H,27,28,30). The summed E-state index contributed by atoms with van der Waals surface area (Å²) < 4.78 is 6.09. The monoisotopic (exact) mass is 505 g/mol. The van der Waals surface area contributed by atoms with E-state index < -0.39 is 0 Å². The van der Waals surface area contributed by atoms with E-state index in [9.17, 15) is 4.79 Å². The normalized spacial score (nSPS) is 11.0. The van der Waals surface area contributed by atoms with Crippen LogP contribution in [0.2, 0.25) is 0 Å². The molecule has 34 heavy (non-hydrogen) atoms. The highest BCUT2D eigenvalue weighted by Gasteiger charge is 2.19. The van der Waals surface area contributed by atoms with E-state index in [0.29, 0.717) is 20.5 Å².